The number of halogens is 2. The van der Waals surface area contributed by atoms with E-state index in [-0.39, 0.29) is 24.3 Å². The van der Waals surface area contributed by atoms with E-state index in [4.69, 9.17) is 10.5 Å². The third kappa shape index (κ3) is 3.86. The van der Waals surface area contributed by atoms with Crippen LogP contribution in [0.2, 0.25) is 0 Å². The van der Waals surface area contributed by atoms with Crippen LogP contribution in [-0.2, 0) is 6.42 Å². The highest BCUT2D eigenvalue weighted by molar-refractivity contribution is 5.85. The Bertz CT molecular complexity index is 353. The average Bonchev–Trinajstić information content (AvgIpc) is 2.76. The van der Waals surface area contributed by atoms with Crippen LogP contribution in [0.5, 0.6) is 5.75 Å². The monoisotopic (exact) mass is 259 g/mol. The van der Waals surface area contributed by atoms with Gasteiger partial charge in [-0.25, -0.2) is 4.39 Å². The van der Waals surface area contributed by atoms with Gasteiger partial charge in [-0.2, -0.15) is 0 Å². The standard InChI is InChI=1S/C13H18FNO.ClH/c14-12-6-5-10(7-8-15)9-13(12)16-11-3-1-2-4-11;/h5-6,9,11H,1-4,7-8,15H2;1H. The highest BCUT2D eigenvalue weighted by Gasteiger charge is 2.18. The molecule has 0 amide bonds. The molecule has 1 saturated carbocycles. The van der Waals surface area contributed by atoms with Crippen molar-refractivity contribution in [1.29, 1.82) is 0 Å². The molecule has 1 aliphatic rings. The molecule has 96 valence electrons. The molecule has 4 heteroatoms. The van der Waals surface area contributed by atoms with Crippen LogP contribution in [0.15, 0.2) is 18.2 Å². The summed E-state index contributed by atoms with van der Waals surface area (Å²) in [5.41, 5.74) is 6.52. The molecule has 17 heavy (non-hydrogen) atoms. The molecular weight excluding hydrogens is 241 g/mol. The second-order valence-electron chi connectivity index (χ2n) is 4.33. The van der Waals surface area contributed by atoms with Gasteiger partial charge in [0.05, 0.1) is 6.10 Å². The minimum absolute atomic E-state index is 0. The largest absolute Gasteiger partial charge is 0.487 e. The zero-order valence-corrected chi connectivity index (χ0v) is 10.6. The van der Waals surface area contributed by atoms with E-state index >= 15 is 0 Å². The first-order valence-corrected chi connectivity index (χ1v) is 5.95. The molecule has 0 radical (unpaired) electrons. The van der Waals surface area contributed by atoms with E-state index in [1.165, 1.54) is 18.9 Å². The lowest BCUT2D eigenvalue weighted by atomic mass is 10.1. The SMILES string of the molecule is Cl.NCCc1ccc(F)c(OC2CCCC2)c1. The Kier molecular flexibility index (Phi) is 5.72. The van der Waals surface area contributed by atoms with Crippen LogP contribution in [-0.4, -0.2) is 12.6 Å². The molecule has 2 N–H and O–H groups in total. The molecule has 2 rings (SSSR count). The van der Waals surface area contributed by atoms with E-state index in [1.807, 2.05) is 0 Å². The third-order valence-corrected chi connectivity index (χ3v) is 3.02. The summed E-state index contributed by atoms with van der Waals surface area (Å²) in [6, 6.07) is 5.01. The number of ether oxygens (including phenoxy) is 1. The molecule has 0 heterocycles. The van der Waals surface area contributed by atoms with Gasteiger partial charge in [0.25, 0.3) is 0 Å². The Balaban J connectivity index is 0.00000144. The van der Waals surface area contributed by atoms with Crippen molar-refractivity contribution in [3.63, 3.8) is 0 Å². The first-order chi connectivity index (χ1) is 7.79. The maximum atomic E-state index is 13.5. The maximum absolute atomic E-state index is 13.5. The van der Waals surface area contributed by atoms with E-state index in [1.54, 1.807) is 12.1 Å². The summed E-state index contributed by atoms with van der Waals surface area (Å²) in [6.45, 7) is 0.578. The Morgan fingerprint density at radius 1 is 1.29 bits per heavy atom. The van der Waals surface area contributed by atoms with E-state index < -0.39 is 0 Å². The van der Waals surface area contributed by atoms with Gasteiger partial charge in [-0.05, 0) is 56.3 Å². The molecule has 0 spiro atoms. The third-order valence-electron chi connectivity index (χ3n) is 3.02. The van der Waals surface area contributed by atoms with Crippen molar-refractivity contribution in [2.24, 2.45) is 5.73 Å². The van der Waals surface area contributed by atoms with Crippen LogP contribution in [0.1, 0.15) is 31.2 Å². The molecular formula is C13H19ClFNO. The van der Waals surface area contributed by atoms with Gasteiger partial charge in [0, 0.05) is 0 Å². The summed E-state index contributed by atoms with van der Waals surface area (Å²) in [7, 11) is 0. The molecule has 0 aromatic heterocycles. The summed E-state index contributed by atoms with van der Waals surface area (Å²) in [4.78, 5) is 0. The Hall–Kier alpha value is -0.800. The molecule has 0 atom stereocenters. The van der Waals surface area contributed by atoms with Gasteiger partial charge >= 0.3 is 0 Å². The van der Waals surface area contributed by atoms with Crippen molar-refractivity contribution in [2.45, 2.75) is 38.2 Å². The van der Waals surface area contributed by atoms with Gasteiger partial charge in [0.2, 0.25) is 0 Å². The minimum atomic E-state index is -0.271. The molecule has 1 aromatic carbocycles. The quantitative estimate of drug-likeness (QED) is 0.902. The molecule has 1 aromatic rings. The number of hydrogen-bond donors (Lipinski definition) is 1. The zero-order chi connectivity index (χ0) is 11.4. The fraction of sp³-hybridized carbons (Fsp3) is 0.538. The molecule has 0 bridgehead atoms. The predicted molar refractivity (Wildman–Crippen MR) is 69.3 cm³/mol. The first kappa shape index (κ1) is 14.3. The van der Waals surface area contributed by atoms with Gasteiger partial charge in [0.15, 0.2) is 11.6 Å². The van der Waals surface area contributed by atoms with Crippen LogP contribution < -0.4 is 10.5 Å². The van der Waals surface area contributed by atoms with Gasteiger partial charge in [-0.1, -0.05) is 6.07 Å². The van der Waals surface area contributed by atoms with E-state index in [0.29, 0.717) is 12.3 Å². The van der Waals surface area contributed by atoms with E-state index in [9.17, 15) is 4.39 Å². The van der Waals surface area contributed by atoms with Crippen molar-refractivity contribution in [2.75, 3.05) is 6.54 Å². The van der Waals surface area contributed by atoms with Crippen molar-refractivity contribution < 1.29 is 9.13 Å². The Labute approximate surface area is 108 Å². The molecule has 0 saturated heterocycles. The Morgan fingerprint density at radius 3 is 2.65 bits per heavy atom. The molecule has 0 aliphatic heterocycles. The van der Waals surface area contributed by atoms with Crippen LogP contribution in [0.3, 0.4) is 0 Å². The van der Waals surface area contributed by atoms with E-state index in [0.717, 1.165) is 24.8 Å². The second-order valence-corrected chi connectivity index (χ2v) is 4.33. The molecule has 1 aliphatic carbocycles. The van der Waals surface area contributed by atoms with Crippen molar-refractivity contribution in [1.82, 2.24) is 0 Å². The zero-order valence-electron chi connectivity index (χ0n) is 9.82. The summed E-state index contributed by atoms with van der Waals surface area (Å²) < 4.78 is 19.2. The summed E-state index contributed by atoms with van der Waals surface area (Å²) in [5.74, 6) is 0.116. The number of rotatable bonds is 4. The molecule has 0 unspecified atom stereocenters. The van der Waals surface area contributed by atoms with Gasteiger partial charge in [0.1, 0.15) is 0 Å². The highest BCUT2D eigenvalue weighted by Crippen LogP contribution is 2.26. The number of hydrogen-bond acceptors (Lipinski definition) is 2. The van der Waals surface area contributed by atoms with Crippen molar-refractivity contribution in [3.8, 4) is 5.75 Å². The van der Waals surface area contributed by atoms with E-state index in [2.05, 4.69) is 0 Å². The lowest BCUT2D eigenvalue weighted by molar-refractivity contribution is 0.200. The van der Waals surface area contributed by atoms with Crippen LogP contribution in [0, 0.1) is 5.82 Å². The van der Waals surface area contributed by atoms with Crippen LogP contribution in [0.4, 0.5) is 4.39 Å². The topological polar surface area (TPSA) is 35.2 Å². The lowest BCUT2D eigenvalue weighted by Gasteiger charge is -2.14. The normalized spacial score (nSPS) is 15.6. The predicted octanol–water partition coefficient (Wildman–Crippen LogP) is 3.07. The summed E-state index contributed by atoms with van der Waals surface area (Å²) in [5, 5.41) is 0. The van der Waals surface area contributed by atoms with Crippen molar-refractivity contribution in [3.05, 3.63) is 29.6 Å². The van der Waals surface area contributed by atoms with Crippen LogP contribution in [0.25, 0.3) is 0 Å². The first-order valence-electron chi connectivity index (χ1n) is 5.95. The average molecular weight is 260 g/mol. The smallest absolute Gasteiger partial charge is 0.165 e. The van der Waals surface area contributed by atoms with Gasteiger partial charge < -0.3 is 10.5 Å². The van der Waals surface area contributed by atoms with Crippen molar-refractivity contribution >= 4 is 12.4 Å². The summed E-state index contributed by atoms with van der Waals surface area (Å²) >= 11 is 0. The van der Waals surface area contributed by atoms with Crippen LogP contribution >= 0.6 is 12.4 Å². The van der Waals surface area contributed by atoms with Gasteiger partial charge in [-0.15, -0.1) is 12.4 Å². The minimum Gasteiger partial charge on any atom is -0.487 e. The number of nitrogens with two attached hydrogens (primary N) is 1. The summed E-state index contributed by atoms with van der Waals surface area (Å²) in [6.07, 6.45) is 5.43. The highest BCUT2D eigenvalue weighted by atomic mass is 35.5. The molecule has 1 fully saturated rings. The fourth-order valence-corrected chi connectivity index (χ4v) is 2.15. The van der Waals surface area contributed by atoms with Gasteiger partial charge in [-0.3, -0.25) is 0 Å². The maximum Gasteiger partial charge on any atom is 0.165 e. The second kappa shape index (κ2) is 6.82. The fourth-order valence-electron chi connectivity index (χ4n) is 2.15. The molecule has 2 nitrogen and oxygen atoms in total. The lowest BCUT2D eigenvalue weighted by Crippen LogP contribution is -2.12. The Morgan fingerprint density at radius 2 is 2.00 bits per heavy atom. The number of benzene rings is 1.